The number of methoxy groups -OCH3 is 1. The van der Waals surface area contributed by atoms with Crippen LogP contribution in [0.15, 0.2) is 18.3 Å². The molecule has 1 rings (SSSR count). The van der Waals surface area contributed by atoms with Crippen molar-refractivity contribution in [3.8, 4) is 11.8 Å². The maximum Gasteiger partial charge on any atom is 0.356 e. The summed E-state index contributed by atoms with van der Waals surface area (Å²) in [6.45, 7) is 11.4. The summed E-state index contributed by atoms with van der Waals surface area (Å²) in [7, 11) is -0.438. The molecule has 0 amide bonds. The fraction of sp³-hybridized carbons (Fsp3) is 0.500. The second-order valence-corrected chi connectivity index (χ2v) is 11.1. The van der Waals surface area contributed by atoms with Gasteiger partial charge in [0.25, 0.3) is 0 Å². The van der Waals surface area contributed by atoms with Crippen LogP contribution < -0.4 is 0 Å². The molecule has 0 radical (unpaired) electrons. The van der Waals surface area contributed by atoms with E-state index in [1.54, 1.807) is 18.3 Å². The van der Waals surface area contributed by atoms with Gasteiger partial charge < -0.3 is 9.16 Å². The Kier molecular flexibility index (Phi) is 5.70. The van der Waals surface area contributed by atoms with Crippen molar-refractivity contribution in [3.05, 3.63) is 29.6 Å². The SMILES string of the molecule is COC(=O)c1cc(C#CCO[Si](C)(C)C(C)(C)C)ccn1. The van der Waals surface area contributed by atoms with Gasteiger partial charge in [0.05, 0.1) is 13.7 Å². The normalized spacial score (nSPS) is 11.5. The highest BCUT2D eigenvalue weighted by Crippen LogP contribution is 2.36. The van der Waals surface area contributed by atoms with Crippen molar-refractivity contribution in [2.75, 3.05) is 13.7 Å². The minimum atomic E-state index is -1.77. The molecule has 1 aromatic rings. The first kappa shape index (κ1) is 17.4. The Balaban J connectivity index is 2.70. The summed E-state index contributed by atoms with van der Waals surface area (Å²) >= 11 is 0. The lowest BCUT2D eigenvalue weighted by molar-refractivity contribution is 0.0594. The van der Waals surface area contributed by atoms with Crippen molar-refractivity contribution in [3.63, 3.8) is 0 Å². The Bertz CT molecular complexity index is 565. The zero-order chi connectivity index (χ0) is 16.1. The Morgan fingerprint density at radius 1 is 1.38 bits per heavy atom. The minimum absolute atomic E-state index is 0.170. The summed E-state index contributed by atoms with van der Waals surface area (Å²) in [4.78, 5) is 15.3. The van der Waals surface area contributed by atoms with Crippen molar-refractivity contribution >= 4 is 14.3 Å². The molecular formula is C16H23NO3Si. The highest BCUT2D eigenvalue weighted by Gasteiger charge is 2.36. The third-order valence-electron chi connectivity index (χ3n) is 3.70. The standard InChI is InChI=1S/C16H23NO3Si/c1-16(2,3)21(5,6)20-11-7-8-13-9-10-17-14(12-13)15(18)19-4/h9-10,12H,11H2,1-6H3. The summed E-state index contributed by atoms with van der Waals surface area (Å²) in [5.41, 5.74) is 0.985. The predicted octanol–water partition coefficient (Wildman–Crippen LogP) is 3.24. The summed E-state index contributed by atoms with van der Waals surface area (Å²) in [5, 5.41) is 0.170. The van der Waals surface area contributed by atoms with Crippen molar-refractivity contribution < 1.29 is 14.0 Å². The van der Waals surface area contributed by atoms with E-state index in [1.165, 1.54) is 7.11 Å². The van der Waals surface area contributed by atoms with Crippen LogP contribution in [0, 0.1) is 11.8 Å². The molecule has 0 aliphatic carbocycles. The van der Waals surface area contributed by atoms with E-state index in [9.17, 15) is 4.79 Å². The number of rotatable bonds is 3. The van der Waals surface area contributed by atoms with Gasteiger partial charge in [0, 0.05) is 11.8 Å². The van der Waals surface area contributed by atoms with Gasteiger partial charge in [-0.15, -0.1) is 0 Å². The molecule has 0 bridgehead atoms. The maximum absolute atomic E-state index is 11.4. The van der Waals surface area contributed by atoms with Crippen LogP contribution >= 0.6 is 0 Å². The Labute approximate surface area is 128 Å². The molecule has 0 saturated carbocycles. The molecule has 0 N–H and O–H groups in total. The average Bonchev–Trinajstić information content (AvgIpc) is 2.42. The lowest BCUT2D eigenvalue weighted by Crippen LogP contribution is -2.40. The summed E-state index contributed by atoms with van der Waals surface area (Å²) in [6.07, 6.45) is 1.55. The van der Waals surface area contributed by atoms with E-state index in [0.717, 1.165) is 5.56 Å². The fourth-order valence-electron chi connectivity index (χ4n) is 1.30. The van der Waals surface area contributed by atoms with Gasteiger partial charge in [-0.05, 0) is 30.3 Å². The number of carbonyl (C=O) groups is 1. The number of ether oxygens (including phenoxy) is 1. The number of hydrogen-bond acceptors (Lipinski definition) is 4. The van der Waals surface area contributed by atoms with Crippen LogP contribution in [-0.2, 0) is 9.16 Å². The molecule has 0 aliphatic rings. The van der Waals surface area contributed by atoms with Crippen LogP contribution in [0.1, 0.15) is 36.8 Å². The lowest BCUT2D eigenvalue weighted by atomic mass is 10.2. The molecule has 1 aromatic heterocycles. The molecule has 0 fully saturated rings. The number of esters is 1. The molecule has 0 atom stereocenters. The van der Waals surface area contributed by atoms with E-state index >= 15 is 0 Å². The molecule has 4 nitrogen and oxygen atoms in total. The molecule has 0 spiro atoms. The zero-order valence-electron chi connectivity index (χ0n) is 13.6. The van der Waals surface area contributed by atoms with Crippen LogP contribution in [0.4, 0.5) is 0 Å². The van der Waals surface area contributed by atoms with Gasteiger partial charge in [0.1, 0.15) is 5.69 Å². The van der Waals surface area contributed by atoms with Gasteiger partial charge in [-0.25, -0.2) is 9.78 Å². The van der Waals surface area contributed by atoms with Crippen molar-refractivity contribution in [2.45, 2.75) is 38.9 Å². The first-order chi connectivity index (χ1) is 9.67. The van der Waals surface area contributed by atoms with E-state index in [-0.39, 0.29) is 10.7 Å². The fourth-order valence-corrected chi connectivity index (χ4v) is 2.16. The largest absolute Gasteiger partial charge is 0.464 e. The number of carbonyl (C=O) groups excluding carboxylic acids is 1. The third-order valence-corrected chi connectivity index (χ3v) is 8.18. The molecule has 114 valence electrons. The Morgan fingerprint density at radius 3 is 2.62 bits per heavy atom. The highest BCUT2D eigenvalue weighted by molar-refractivity contribution is 6.74. The smallest absolute Gasteiger partial charge is 0.356 e. The van der Waals surface area contributed by atoms with Gasteiger partial charge in [-0.3, -0.25) is 0 Å². The van der Waals surface area contributed by atoms with Gasteiger partial charge in [0.15, 0.2) is 8.32 Å². The summed E-state index contributed by atoms with van der Waals surface area (Å²) < 4.78 is 10.6. The van der Waals surface area contributed by atoms with Crippen molar-refractivity contribution in [1.29, 1.82) is 0 Å². The van der Waals surface area contributed by atoms with Crippen LogP contribution in [-0.4, -0.2) is 33.0 Å². The molecule has 1 heterocycles. The highest BCUT2D eigenvalue weighted by atomic mass is 28.4. The third kappa shape index (κ3) is 4.99. The topological polar surface area (TPSA) is 48.4 Å². The number of aromatic nitrogens is 1. The van der Waals surface area contributed by atoms with Crippen LogP contribution in [0.3, 0.4) is 0 Å². The first-order valence-corrected chi connectivity index (χ1v) is 9.75. The number of hydrogen-bond donors (Lipinski definition) is 0. The summed E-state index contributed by atoms with van der Waals surface area (Å²) in [6, 6.07) is 3.37. The van der Waals surface area contributed by atoms with Gasteiger partial charge in [-0.1, -0.05) is 32.6 Å². The number of nitrogens with zero attached hydrogens (tertiary/aromatic N) is 1. The van der Waals surface area contributed by atoms with Gasteiger partial charge in [-0.2, -0.15) is 0 Å². The Morgan fingerprint density at radius 2 is 2.05 bits per heavy atom. The molecule has 0 unspecified atom stereocenters. The Hall–Kier alpha value is -1.64. The van der Waals surface area contributed by atoms with E-state index in [2.05, 4.69) is 55.4 Å². The quantitative estimate of drug-likeness (QED) is 0.489. The molecule has 0 aromatic carbocycles. The molecular weight excluding hydrogens is 282 g/mol. The van der Waals surface area contributed by atoms with E-state index in [1.807, 2.05) is 0 Å². The monoisotopic (exact) mass is 305 g/mol. The van der Waals surface area contributed by atoms with E-state index < -0.39 is 14.3 Å². The van der Waals surface area contributed by atoms with Crippen molar-refractivity contribution in [1.82, 2.24) is 4.98 Å². The second kappa shape index (κ2) is 6.88. The summed E-state index contributed by atoms with van der Waals surface area (Å²) in [5.74, 6) is 5.52. The number of pyridine rings is 1. The van der Waals surface area contributed by atoms with Crippen molar-refractivity contribution in [2.24, 2.45) is 0 Å². The predicted molar refractivity (Wildman–Crippen MR) is 85.6 cm³/mol. The van der Waals surface area contributed by atoms with Crippen LogP contribution in [0.25, 0.3) is 0 Å². The molecule has 0 aliphatic heterocycles. The molecule has 0 saturated heterocycles. The van der Waals surface area contributed by atoms with E-state index in [4.69, 9.17) is 4.43 Å². The first-order valence-electron chi connectivity index (χ1n) is 6.84. The average molecular weight is 305 g/mol. The molecule has 21 heavy (non-hydrogen) atoms. The van der Waals surface area contributed by atoms with Gasteiger partial charge >= 0.3 is 5.97 Å². The van der Waals surface area contributed by atoms with Gasteiger partial charge in [0.2, 0.25) is 0 Å². The molecule has 5 heteroatoms. The maximum atomic E-state index is 11.4. The van der Waals surface area contributed by atoms with Crippen LogP contribution in [0.2, 0.25) is 18.1 Å². The second-order valence-electron chi connectivity index (χ2n) is 6.27. The van der Waals surface area contributed by atoms with Crippen LogP contribution in [0.5, 0.6) is 0 Å². The minimum Gasteiger partial charge on any atom is -0.464 e. The van der Waals surface area contributed by atoms with E-state index in [0.29, 0.717) is 6.61 Å². The lowest BCUT2D eigenvalue weighted by Gasteiger charge is -2.35. The zero-order valence-corrected chi connectivity index (χ0v) is 14.6.